The van der Waals surface area contributed by atoms with Crippen LogP contribution in [0.25, 0.3) is 0 Å². The first-order chi connectivity index (χ1) is 2.91. The number of allylic oxidation sites excluding steroid dienone is 3. The van der Waals surface area contributed by atoms with Crippen LogP contribution in [0.4, 0.5) is 0 Å². The van der Waals surface area contributed by atoms with Gasteiger partial charge in [0.05, 0.1) is 0 Å². The normalized spacial score (nSPS) is 9.50. The summed E-state index contributed by atoms with van der Waals surface area (Å²) in [6.45, 7) is 7.01. The highest BCUT2D eigenvalue weighted by Gasteiger charge is 1.57. The summed E-state index contributed by atoms with van der Waals surface area (Å²) in [5.74, 6) is 0. The van der Waals surface area contributed by atoms with Crippen molar-refractivity contribution in [2.45, 2.75) is 6.42 Å². The molecule has 0 amide bonds. The zero-order chi connectivity index (χ0) is 4.83. The topological polar surface area (TPSA) is 0 Å². The molecule has 0 aromatic heterocycles. The number of hydrogen-bond donors (Lipinski definition) is 0. The lowest BCUT2D eigenvalue weighted by atomic mass is 10.4. The summed E-state index contributed by atoms with van der Waals surface area (Å²) in [6, 6.07) is 0. The average Bonchev–Trinajstić information content (AvgIpc) is 1.61. The predicted octanol–water partition coefficient (Wildman–Crippen LogP) is 1.95. The van der Waals surface area contributed by atoms with Crippen LogP contribution in [0, 0.1) is 6.92 Å². The predicted molar refractivity (Wildman–Crippen MR) is 29.3 cm³/mol. The summed E-state index contributed by atoms with van der Waals surface area (Å²) in [4.78, 5) is 0. The molecule has 0 aliphatic carbocycles. The van der Waals surface area contributed by atoms with Crippen LogP contribution in [0.15, 0.2) is 24.8 Å². The lowest BCUT2D eigenvalue weighted by molar-refractivity contribution is 1.41. The molecular weight excluding hydrogens is 72.1 g/mol. The van der Waals surface area contributed by atoms with E-state index in [9.17, 15) is 0 Å². The Bertz CT molecular complexity index is 51.1. The fourth-order valence-electron chi connectivity index (χ4n) is 0.192. The maximum absolute atomic E-state index is 3.52. The first-order valence-corrected chi connectivity index (χ1v) is 1.97. The zero-order valence-corrected chi connectivity index (χ0v) is 3.85. The van der Waals surface area contributed by atoms with Crippen molar-refractivity contribution < 1.29 is 0 Å². The maximum atomic E-state index is 3.52. The minimum atomic E-state index is 0.934. The Hall–Kier alpha value is -0.520. The highest BCUT2D eigenvalue weighted by molar-refractivity contribution is 4.89. The van der Waals surface area contributed by atoms with Gasteiger partial charge in [0.15, 0.2) is 0 Å². The second kappa shape index (κ2) is 4.48. The van der Waals surface area contributed by atoms with Crippen LogP contribution in [-0.4, -0.2) is 0 Å². The average molecular weight is 81.1 g/mol. The lowest BCUT2D eigenvalue weighted by Gasteiger charge is -1.69. The van der Waals surface area contributed by atoms with Gasteiger partial charge in [-0.2, -0.15) is 0 Å². The Kier molecular flexibility index (Phi) is 4.09. The number of hydrogen-bond acceptors (Lipinski definition) is 0. The molecule has 33 valence electrons. The van der Waals surface area contributed by atoms with E-state index in [1.165, 1.54) is 0 Å². The van der Waals surface area contributed by atoms with Crippen molar-refractivity contribution in [2.75, 3.05) is 0 Å². The van der Waals surface area contributed by atoms with Gasteiger partial charge in [-0.3, -0.25) is 0 Å². The molecule has 0 heteroatoms. The molecule has 0 unspecified atom stereocenters. The van der Waals surface area contributed by atoms with Crippen molar-refractivity contribution in [1.29, 1.82) is 0 Å². The van der Waals surface area contributed by atoms with Gasteiger partial charge in [0.1, 0.15) is 0 Å². The van der Waals surface area contributed by atoms with E-state index in [0.29, 0.717) is 0 Å². The fourth-order valence-corrected chi connectivity index (χ4v) is 0.192. The van der Waals surface area contributed by atoms with Gasteiger partial charge in [0.25, 0.3) is 0 Å². The number of rotatable bonds is 2. The Morgan fingerprint density at radius 1 is 1.50 bits per heavy atom. The van der Waals surface area contributed by atoms with E-state index in [1.54, 1.807) is 6.08 Å². The first-order valence-electron chi connectivity index (χ1n) is 1.97. The molecule has 0 rings (SSSR count). The molecule has 0 aliphatic rings. The Balaban J connectivity index is 2.85. The summed E-state index contributed by atoms with van der Waals surface area (Å²) in [5.41, 5.74) is 0. The van der Waals surface area contributed by atoms with E-state index in [4.69, 9.17) is 0 Å². The highest BCUT2D eigenvalue weighted by atomic mass is 13.6. The summed E-state index contributed by atoms with van der Waals surface area (Å²) in [6.07, 6.45) is 6.49. The Labute approximate surface area is 39.2 Å². The van der Waals surface area contributed by atoms with Crippen molar-refractivity contribution in [1.82, 2.24) is 0 Å². The second-order valence-electron chi connectivity index (χ2n) is 0.996. The fraction of sp³-hybridized carbons (Fsp3) is 0.167. The van der Waals surface area contributed by atoms with Crippen LogP contribution < -0.4 is 0 Å². The third-order valence-electron chi connectivity index (χ3n) is 0.469. The van der Waals surface area contributed by atoms with Gasteiger partial charge in [-0.05, 0) is 13.3 Å². The van der Waals surface area contributed by atoms with Crippen molar-refractivity contribution in [3.63, 3.8) is 0 Å². The molecule has 6 heavy (non-hydrogen) atoms. The van der Waals surface area contributed by atoms with E-state index in [2.05, 4.69) is 13.5 Å². The molecule has 0 aromatic carbocycles. The van der Waals surface area contributed by atoms with Crippen LogP contribution in [-0.2, 0) is 0 Å². The summed E-state index contributed by atoms with van der Waals surface area (Å²) in [7, 11) is 0. The molecule has 0 heterocycles. The minimum Gasteiger partial charge on any atom is -0.103 e. The third-order valence-corrected chi connectivity index (χ3v) is 0.469. The summed E-state index contributed by atoms with van der Waals surface area (Å²) in [5, 5.41) is 0. The molecule has 0 bridgehead atoms. The largest absolute Gasteiger partial charge is 0.103 e. The Morgan fingerprint density at radius 3 is 2.33 bits per heavy atom. The van der Waals surface area contributed by atoms with Gasteiger partial charge < -0.3 is 0 Å². The molecule has 0 aromatic rings. The van der Waals surface area contributed by atoms with Gasteiger partial charge in [0.2, 0.25) is 0 Å². The van der Waals surface area contributed by atoms with Gasteiger partial charge in [-0.15, -0.1) is 6.58 Å². The quantitative estimate of drug-likeness (QED) is 0.446. The smallest absolute Gasteiger partial charge is 0.0172 e. The Morgan fingerprint density at radius 2 is 2.17 bits per heavy atom. The minimum absolute atomic E-state index is 0.934. The van der Waals surface area contributed by atoms with Gasteiger partial charge in [-0.25, -0.2) is 0 Å². The molecule has 1 radical (unpaired) electrons. The van der Waals surface area contributed by atoms with Crippen LogP contribution in [0.2, 0.25) is 0 Å². The molecular formula is C6H9. The molecule has 0 spiro atoms. The summed E-state index contributed by atoms with van der Waals surface area (Å²) < 4.78 is 0. The van der Waals surface area contributed by atoms with E-state index >= 15 is 0 Å². The van der Waals surface area contributed by atoms with Crippen LogP contribution in [0.3, 0.4) is 0 Å². The zero-order valence-electron chi connectivity index (χ0n) is 3.85. The standard InChI is InChI=1S/C6H9/c1-3-5-6-4-2/h3-5H,1-2,6H2/b5-3-. The van der Waals surface area contributed by atoms with Crippen molar-refractivity contribution in [3.8, 4) is 0 Å². The lowest BCUT2D eigenvalue weighted by Crippen LogP contribution is -1.48. The van der Waals surface area contributed by atoms with Crippen LogP contribution in [0.1, 0.15) is 6.42 Å². The van der Waals surface area contributed by atoms with Crippen LogP contribution in [0.5, 0.6) is 0 Å². The van der Waals surface area contributed by atoms with Crippen LogP contribution >= 0.6 is 0 Å². The molecule has 0 fully saturated rings. The molecule has 0 saturated carbocycles. The van der Waals surface area contributed by atoms with Crippen molar-refractivity contribution in [2.24, 2.45) is 0 Å². The molecule has 0 atom stereocenters. The molecule has 0 saturated heterocycles. The maximum Gasteiger partial charge on any atom is -0.0172 e. The van der Waals surface area contributed by atoms with Gasteiger partial charge in [0, 0.05) is 0 Å². The first kappa shape index (κ1) is 5.48. The summed E-state index contributed by atoms with van der Waals surface area (Å²) >= 11 is 0. The van der Waals surface area contributed by atoms with E-state index in [1.807, 2.05) is 12.2 Å². The second-order valence-corrected chi connectivity index (χ2v) is 0.996. The van der Waals surface area contributed by atoms with E-state index < -0.39 is 0 Å². The van der Waals surface area contributed by atoms with Crippen molar-refractivity contribution in [3.05, 3.63) is 31.7 Å². The van der Waals surface area contributed by atoms with Gasteiger partial charge >= 0.3 is 0 Å². The SMILES string of the molecule is [CH2]/C=C\CC=C. The monoisotopic (exact) mass is 81.1 g/mol. The van der Waals surface area contributed by atoms with E-state index in [0.717, 1.165) is 6.42 Å². The van der Waals surface area contributed by atoms with Gasteiger partial charge in [-0.1, -0.05) is 18.2 Å². The van der Waals surface area contributed by atoms with Crippen molar-refractivity contribution >= 4 is 0 Å². The molecule has 0 N–H and O–H groups in total. The molecule has 0 nitrogen and oxygen atoms in total. The highest BCUT2D eigenvalue weighted by Crippen LogP contribution is 1.78. The molecule has 0 aliphatic heterocycles. The van der Waals surface area contributed by atoms with E-state index in [-0.39, 0.29) is 0 Å². The third kappa shape index (κ3) is 3.48.